The van der Waals surface area contributed by atoms with Gasteiger partial charge in [0.25, 0.3) is 0 Å². The van der Waals surface area contributed by atoms with Crippen molar-refractivity contribution in [2.75, 3.05) is 21.2 Å². The molecule has 0 spiro atoms. The third kappa shape index (κ3) is 4.06. The van der Waals surface area contributed by atoms with Gasteiger partial charge in [0.05, 0.1) is 13.5 Å². The number of carbonyl (C=O) groups excluding carboxylic acids is 1. The van der Waals surface area contributed by atoms with E-state index in [1.807, 2.05) is 14.1 Å². The lowest BCUT2D eigenvalue weighted by atomic mass is 9.92. The zero-order valence-corrected chi connectivity index (χ0v) is 12.9. The van der Waals surface area contributed by atoms with Crippen molar-refractivity contribution in [2.24, 2.45) is 0 Å². The number of benzene rings is 1. The number of ether oxygens (including phenoxy) is 1. The van der Waals surface area contributed by atoms with Crippen molar-refractivity contribution in [3.63, 3.8) is 0 Å². The van der Waals surface area contributed by atoms with Crippen LogP contribution >= 0.6 is 0 Å². The van der Waals surface area contributed by atoms with E-state index in [9.17, 15) is 4.79 Å². The van der Waals surface area contributed by atoms with Gasteiger partial charge in [-0.15, -0.1) is 0 Å². The highest BCUT2D eigenvalue weighted by Gasteiger charge is 2.21. The van der Waals surface area contributed by atoms with Crippen molar-refractivity contribution in [1.82, 2.24) is 4.90 Å². The van der Waals surface area contributed by atoms with E-state index < -0.39 is 0 Å². The van der Waals surface area contributed by atoms with E-state index in [0.29, 0.717) is 12.3 Å². The standard InChI is InChI=1S/C16H25NO2/c1-11(2)13-8-7-12(3)14(9-13)15(17(4)5)10-16(18)19-6/h7-9,11,15H,10H2,1-6H3. The molecule has 1 unspecified atom stereocenters. The fourth-order valence-electron chi connectivity index (χ4n) is 2.19. The normalized spacial score (nSPS) is 12.8. The largest absolute Gasteiger partial charge is 0.469 e. The lowest BCUT2D eigenvalue weighted by molar-refractivity contribution is -0.141. The first kappa shape index (κ1) is 15.7. The Kier molecular flexibility index (Phi) is 5.55. The molecule has 3 heteroatoms. The highest BCUT2D eigenvalue weighted by Crippen LogP contribution is 2.28. The smallest absolute Gasteiger partial charge is 0.307 e. The first-order valence-electron chi connectivity index (χ1n) is 6.70. The SMILES string of the molecule is COC(=O)CC(c1cc(C(C)C)ccc1C)N(C)C. The number of rotatable bonds is 5. The zero-order chi connectivity index (χ0) is 14.6. The van der Waals surface area contributed by atoms with Gasteiger partial charge >= 0.3 is 5.97 Å². The summed E-state index contributed by atoms with van der Waals surface area (Å²) in [7, 11) is 5.43. The van der Waals surface area contributed by atoms with Crippen molar-refractivity contribution in [2.45, 2.75) is 39.2 Å². The number of nitrogens with zero attached hydrogens (tertiary/aromatic N) is 1. The predicted octanol–water partition coefficient (Wildman–Crippen LogP) is 3.28. The van der Waals surface area contributed by atoms with Crippen molar-refractivity contribution < 1.29 is 9.53 Å². The van der Waals surface area contributed by atoms with Crippen LogP contribution in [0, 0.1) is 6.92 Å². The molecule has 3 nitrogen and oxygen atoms in total. The fourth-order valence-corrected chi connectivity index (χ4v) is 2.19. The average Bonchev–Trinajstić information content (AvgIpc) is 2.35. The second-order valence-corrected chi connectivity index (χ2v) is 5.53. The molecule has 0 N–H and O–H groups in total. The Hall–Kier alpha value is -1.35. The number of hydrogen-bond donors (Lipinski definition) is 0. The van der Waals surface area contributed by atoms with Gasteiger partial charge in [-0.2, -0.15) is 0 Å². The van der Waals surface area contributed by atoms with Crippen LogP contribution < -0.4 is 0 Å². The second-order valence-electron chi connectivity index (χ2n) is 5.53. The summed E-state index contributed by atoms with van der Waals surface area (Å²) in [5, 5.41) is 0. The van der Waals surface area contributed by atoms with E-state index in [4.69, 9.17) is 4.74 Å². The fraction of sp³-hybridized carbons (Fsp3) is 0.562. The number of hydrogen-bond acceptors (Lipinski definition) is 3. The van der Waals surface area contributed by atoms with Gasteiger partial charge in [-0.3, -0.25) is 4.79 Å². The van der Waals surface area contributed by atoms with E-state index in [1.165, 1.54) is 23.8 Å². The van der Waals surface area contributed by atoms with Crippen LogP contribution in [0.25, 0.3) is 0 Å². The number of aryl methyl sites for hydroxylation is 1. The van der Waals surface area contributed by atoms with Crippen molar-refractivity contribution in [3.8, 4) is 0 Å². The zero-order valence-electron chi connectivity index (χ0n) is 12.9. The molecule has 0 fully saturated rings. The summed E-state index contributed by atoms with van der Waals surface area (Å²) in [5.74, 6) is 0.313. The Morgan fingerprint density at radius 2 is 1.95 bits per heavy atom. The van der Waals surface area contributed by atoms with Gasteiger partial charge in [0.1, 0.15) is 0 Å². The molecule has 0 amide bonds. The highest BCUT2D eigenvalue weighted by molar-refractivity contribution is 5.70. The number of methoxy groups -OCH3 is 1. The number of carbonyl (C=O) groups is 1. The maximum Gasteiger partial charge on any atom is 0.307 e. The van der Waals surface area contributed by atoms with Crippen molar-refractivity contribution in [1.29, 1.82) is 0 Å². The Labute approximate surface area is 116 Å². The van der Waals surface area contributed by atoms with Crippen LogP contribution in [0.5, 0.6) is 0 Å². The molecular formula is C16H25NO2. The Morgan fingerprint density at radius 3 is 2.42 bits per heavy atom. The monoisotopic (exact) mass is 263 g/mol. The summed E-state index contributed by atoms with van der Waals surface area (Å²) in [6, 6.07) is 6.58. The van der Waals surface area contributed by atoms with Crippen LogP contribution in [0.3, 0.4) is 0 Å². The summed E-state index contributed by atoms with van der Waals surface area (Å²) in [6.07, 6.45) is 0.381. The van der Waals surface area contributed by atoms with E-state index in [2.05, 4.69) is 43.9 Å². The molecule has 1 rings (SSSR count). The van der Waals surface area contributed by atoms with E-state index in [0.717, 1.165) is 0 Å². The van der Waals surface area contributed by atoms with Gasteiger partial charge in [-0.05, 0) is 43.6 Å². The van der Waals surface area contributed by atoms with Gasteiger partial charge in [-0.1, -0.05) is 32.0 Å². The minimum absolute atomic E-state index is 0.0612. The minimum Gasteiger partial charge on any atom is -0.469 e. The Balaban J connectivity index is 3.14. The van der Waals surface area contributed by atoms with E-state index in [1.54, 1.807) is 0 Å². The van der Waals surface area contributed by atoms with Crippen LogP contribution in [-0.2, 0) is 9.53 Å². The molecule has 0 aromatic heterocycles. The van der Waals surface area contributed by atoms with E-state index in [-0.39, 0.29) is 12.0 Å². The molecule has 1 atom stereocenters. The van der Waals surface area contributed by atoms with Crippen molar-refractivity contribution in [3.05, 3.63) is 34.9 Å². The Bertz CT molecular complexity index is 438. The van der Waals surface area contributed by atoms with Crippen LogP contribution in [0.15, 0.2) is 18.2 Å². The molecule has 0 aliphatic carbocycles. The summed E-state index contributed by atoms with van der Waals surface area (Å²) in [5.41, 5.74) is 3.73. The summed E-state index contributed by atoms with van der Waals surface area (Å²) < 4.78 is 4.80. The Morgan fingerprint density at radius 1 is 1.32 bits per heavy atom. The summed E-state index contributed by atoms with van der Waals surface area (Å²) in [4.78, 5) is 13.7. The van der Waals surface area contributed by atoms with Gasteiger partial charge < -0.3 is 9.64 Å². The first-order valence-corrected chi connectivity index (χ1v) is 6.70. The van der Waals surface area contributed by atoms with Crippen LogP contribution in [0.4, 0.5) is 0 Å². The van der Waals surface area contributed by atoms with Gasteiger partial charge in [-0.25, -0.2) is 0 Å². The molecule has 0 bridgehead atoms. The molecule has 0 aliphatic rings. The molecule has 1 aromatic rings. The van der Waals surface area contributed by atoms with E-state index >= 15 is 0 Å². The maximum absolute atomic E-state index is 11.6. The predicted molar refractivity (Wildman–Crippen MR) is 78.3 cm³/mol. The molecule has 0 saturated heterocycles. The lowest BCUT2D eigenvalue weighted by Crippen LogP contribution is -2.24. The summed E-state index contributed by atoms with van der Waals surface area (Å²) >= 11 is 0. The van der Waals surface area contributed by atoms with Crippen LogP contribution in [-0.4, -0.2) is 32.1 Å². The molecule has 0 radical (unpaired) electrons. The molecule has 19 heavy (non-hydrogen) atoms. The first-order chi connectivity index (χ1) is 8.86. The maximum atomic E-state index is 11.6. The molecule has 106 valence electrons. The number of esters is 1. The molecular weight excluding hydrogens is 238 g/mol. The summed E-state index contributed by atoms with van der Waals surface area (Å²) in [6.45, 7) is 6.45. The molecule has 0 aliphatic heterocycles. The molecule has 0 heterocycles. The average molecular weight is 263 g/mol. The van der Waals surface area contributed by atoms with Crippen molar-refractivity contribution >= 4 is 5.97 Å². The van der Waals surface area contributed by atoms with Gasteiger partial charge in [0.2, 0.25) is 0 Å². The van der Waals surface area contributed by atoms with Gasteiger partial charge in [0.15, 0.2) is 0 Å². The van der Waals surface area contributed by atoms with Crippen LogP contribution in [0.2, 0.25) is 0 Å². The third-order valence-corrected chi connectivity index (χ3v) is 3.54. The van der Waals surface area contributed by atoms with Gasteiger partial charge in [0, 0.05) is 6.04 Å². The molecule has 0 saturated carbocycles. The van der Waals surface area contributed by atoms with Crippen LogP contribution in [0.1, 0.15) is 48.9 Å². The lowest BCUT2D eigenvalue weighted by Gasteiger charge is -2.26. The quantitative estimate of drug-likeness (QED) is 0.763. The molecule has 1 aromatic carbocycles. The third-order valence-electron chi connectivity index (χ3n) is 3.54. The minimum atomic E-state index is -0.173. The topological polar surface area (TPSA) is 29.5 Å². The highest BCUT2D eigenvalue weighted by atomic mass is 16.5. The second kappa shape index (κ2) is 6.71.